The van der Waals surface area contributed by atoms with Gasteiger partial charge in [-0.2, -0.15) is 0 Å². The van der Waals surface area contributed by atoms with Crippen molar-refractivity contribution in [2.24, 2.45) is 0 Å². The number of rotatable bonds is 2. The van der Waals surface area contributed by atoms with Gasteiger partial charge in [0.1, 0.15) is 5.75 Å². The largest absolute Gasteiger partial charge is 0.496 e. The lowest BCUT2D eigenvalue weighted by Crippen LogP contribution is -2.41. The summed E-state index contributed by atoms with van der Waals surface area (Å²) in [6, 6.07) is 3.87. The molecule has 0 spiro atoms. The van der Waals surface area contributed by atoms with Crippen LogP contribution in [0.25, 0.3) is 0 Å². The van der Waals surface area contributed by atoms with Crippen LogP contribution < -0.4 is 10.1 Å². The van der Waals surface area contributed by atoms with Gasteiger partial charge in [-0.25, -0.2) is 0 Å². The van der Waals surface area contributed by atoms with Crippen molar-refractivity contribution in [1.82, 2.24) is 5.32 Å². The molecule has 0 aliphatic heterocycles. The molecule has 1 amide bonds. The third-order valence-corrected chi connectivity index (χ3v) is 2.38. The minimum Gasteiger partial charge on any atom is -0.496 e. The van der Waals surface area contributed by atoms with E-state index in [-0.39, 0.29) is 11.4 Å². The van der Waals surface area contributed by atoms with E-state index in [0.29, 0.717) is 11.3 Å². The Labute approximate surface area is 103 Å². The zero-order valence-electron chi connectivity index (χ0n) is 11.5. The number of amides is 1. The minimum absolute atomic E-state index is 0.0909. The topological polar surface area (TPSA) is 38.3 Å². The molecular formula is C14H21NO2. The highest BCUT2D eigenvalue weighted by Crippen LogP contribution is 2.24. The van der Waals surface area contributed by atoms with Gasteiger partial charge in [0.25, 0.3) is 5.91 Å². The molecule has 1 N–H and O–H groups in total. The predicted octanol–water partition coefficient (Wildman–Crippen LogP) is 2.84. The van der Waals surface area contributed by atoms with Crippen LogP contribution in [0.5, 0.6) is 5.75 Å². The Bertz CT molecular complexity index is 431. The second-order valence-electron chi connectivity index (χ2n) is 5.36. The van der Waals surface area contributed by atoms with Crippen molar-refractivity contribution < 1.29 is 9.53 Å². The van der Waals surface area contributed by atoms with Crippen LogP contribution in [0.3, 0.4) is 0 Å². The van der Waals surface area contributed by atoms with E-state index in [0.717, 1.165) is 11.1 Å². The molecule has 17 heavy (non-hydrogen) atoms. The fourth-order valence-electron chi connectivity index (χ4n) is 1.78. The Morgan fingerprint density at radius 3 is 2.29 bits per heavy atom. The predicted molar refractivity (Wildman–Crippen MR) is 69.7 cm³/mol. The molecule has 0 saturated heterocycles. The van der Waals surface area contributed by atoms with Crippen LogP contribution in [0.2, 0.25) is 0 Å². The first-order valence-electron chi connectivity index (χ1n) is 5.72. The molecule has 0 aliphatic carbocycles. The quantitative estimate of drug-likeness (QED) is 0.856. The average molecular weight is 235 g/mol. The molecule has 0 aromatic heterocycles. The minimum atomic E-state index is -0.251. The van der Waals surface area contributed by atoms with Crippen LogP contribution in [0.1, 0.15) is 42.3 Å². The van der Waals surface area contributed by atoms with Crippen molar-refractivity contribution in [1.29, 1.82) is 0 Å². The van der Waals surface area contributed by atoms with Crippen molar-refractivity contribution >= 4 is 5.91 Å². The lowest BCUT2D eigenvalue weighted by atomic mass is 10.0. The Hall–Kier alpha value is -1.51. The molecule has 1 aromatic rings. The zero-order valence-corrected chi connectivity index (χ0v) is 11.5. The number of nitrogens with one attached hydrogen (secondary N) is 1. The van der Waals surface area contributed by atoms with Crippen LogP contribution >= 0.6 is 0 Å². The fraction of sp³-hybridized carbons (Fsp3) is 0.500. The van der Waals surface area contributed by atoms with Gasteiger partial charge in [-0.15, -0.1) is 0 Å². The maximum absolute atomic E-state index is 12.2. The number of carbonyl (C=O) groups is 1. The maximum atomic E-state index is 12.2. The van der Waals surface area contributed by atoms with E-state index >= 15 is 0 Å². The summed E-state index contributed by atoms with van der Waals surface area (Å²) < 4.78 is 5.28. The van der Waals surface area contributed by atoms with Crippen LogP contribution in [0, 0.1) is 13.8 Å². The summed E-state index contributed by atoms with van der Waals surface area (Å²) in [5.41, 5.74) is 2.39. The third-order valence-electron chi connectivity index (χ3n) is 2.38. The van der Waals surface area contributed by atoms with E-state index in [1.54, 1.807) is 7.11 Å². The normalized spacial score (nSPS) is 11.2. The van der Waals surface area contributed by atoms with Crippen molar-refractivity contribution in [2.45, 2.75) is 40.2 Å². The van der Waals surface area contributed by atoms with Gasteiger partial charge in [0.2, 0.25) is 0 Å². The van der Waals surface area contributed by atoms with Crippen molar-refractivity contribution in [3.63, 3.8) is 0 Å². The standard InChI is InChI=1S/C14H21NO2/c1-9-7-10(2)12(11(8-9)17-6)13(16)15-14(3,4)5/h7-8H,1-6H3,(H,15,16). The van der Waals surface area contributed by atoms with E-state index in [9.17, 15) is 4.79 Å². The molecule has 0 heterocycles. The second-order valence-corrected chi connectivity index (χ2v) is 5.36. The highest BCUT2D eigenvalue weighted by Gasteiger charge is 2.20. The molecule has 3 heteroatoms. The van der Waals surface area contributed by atoms with Gasteiger partial charge < -0.3 is 10.1 Å². The number of hydrogen-bond donors (Lipinski definition) is 1. The summed E-state index contributed by atoms with van der Waals surface area (Å²) in [7, 11) is 1.59. The SMILES string of the molecule is COc1cc(C)cc(C)c1C(=O)NC(C)(C)C. The Morgan fingerprint density at radius 2 is 1.82 bits per heavy atom. The molecule has 0 bridgehead atoms. The lowest BCUT2D eigenvalue weighted by Gasteiger charge is -2.22. The van der Waals surface area contributed by atoms with Gasteiger partial charge in [0.15, 0.2) is 0 Å². The fourth-order valence-corrected chi connectivity index (χ4v) is 1.78. The number of carbonyl (C=O) groups excluding carboxylic acids is 1. The molecule has 94 valence electrons. The first-order chi connectivity index (χ1) is 7.74. The van der Waals surface area contributed by atoms with Gasteiger partial charge in [0.05, 0.1) is 12.7 Å². The van der Waals surface area contributed by atoms with E-state index in [2.05, 4.69) is 5.32 Å². The number of aryl methyl sites for hydroxylation is 2. The van der Waals surface area contributed by atoms with E-state index < -0.39 is 0 Å². The highest BCUT2D eigenvalue weighted by molar-refractivity contribution is 5.98. The summed E-state index contributed by atoms with van der Waals surface area (Å²) in [6.45, 7) is 9.79. The third kappa shape index (κ3) is 3.48. The lowest BCUT2D eigenvalue weighted by molar-refractivity contribution is 0.0916. The van der Waals surface area contributed by atoms with Crippen LogP contribution in [0.4, 0.5) is 0 Å². The van der Waals surface area contributed by atoms with Crippen LogP contribution in [-0.4, -0.2) is 18.6 Å². The van der Waals surface area contributed by atoms with Gasteiger partial charge >= 0.3 is 0 Å². The van der Waals surface area contributed by atoms with Crippen molar-refractivity contribution in [3.8, 4) is 5.75 Å². The van der Waals surface area contributed by atoms with E-state index in [1.165, 1.54) is 0 Å². The summed E-state index contributed by atoms with van der Waals surface area (Å²) in [6.07, 6.45) is 0. The van der Waals surface area contributed by atoms with E-state index in [1.807, 2.05) is 46.8 Å². The first-order valence-corrected chi connectivity index (χ1v) is 5.72. The molecule has 1 aromatic carbocycles. The monoisotopic (exact) mass is 235 g/mol. The molecule has 0 unspecified atom stereocenters. The molecule has 0 saturated carbocycles. The van der Waals surface area contributed by atoms with Gasteiger partial charge in [-0.1, -0.05) is 6.07 Å². The molecule has 1 rings (SSSR count). The zero-order chi connectivity index (χ0) is 13.2. The molecular weight excluding hydrogens is 214 g/mol. The summed E-state index contributed by atoms with van der Waals surface area (Å²) >= 11 is 0. The first kappa shape index (κ1) is 13.6. The second kappa shape index (κ2) is 4.78. The number of hydrogen-bond acceptors (Lipinski definition) is 2. The summed E-state index contributed by atoms with van der Waals surface area (Å²) in [5, 5.41) is 2.95. The van der Waals surface area contributed by atoms with Crippen molar-refractivity contribution in [2.75, 3.05) is 7.11 Å². The summed E-state index contributed by atoms with van der Waals surface area (Å²) in [5.74, 6) is 0.538. The van der Waals surface area contributed by atoms with Gasteiger partial charge in [0, 0.05) is 5.54 Å². The van der Waals surface area contributed by atoms with Crippen LogP contribution in [-0.2, 0) is 0 Å². The number of ether oxygens (including phenoxy) is 1. The molecule has 0 atom stereocenters. The van der Waals surface area contributed by atoms with Crippen molar-refractivity contribution in [3.05, 3.63) is 28.8 Å². The molecule has 0 fully saturated rings. The van der Waals surface area contributed by atoms with E-state index in [4.69, 9.17) is 4.74 Å². The Morgan fingerprint density at radius 1 is 1.24 bits per heavy atom. The molecule has 0 aliphatic rings. The number of methoxy groups -OCH3 is 1. The van der Waals surface area contributed by atoms with Crippen LogP contribution in [0.15, 0.2) is 12.1 Å². The summed E-state index contributed by atoms with van der Waals surface area (Å²) in [4.78, 5) is 12.2. The highest BCUT2D eigenvalue weighted by atomic mass is 16.5. The Kier molecular flexibility index (Phi) is 3.81. The van der Waals surface area contributed by atoms with Gasteiger partial charge in [-0.3, -0.25) is 4.79 Å². The van der Waals surface area contributed by atoms with Gasteiger partial charge in [-0.05, 0) is 51.8 Å². The smallest absolute Gasteiger partial charge is 0.255 e. The molecule has 3 nitrogen and oxygen atoms in total. The number of benzene rings is 1. The average Bonchev–Trinajstić information content (AvgIpc) is 2.12. The Balaban J connectivity index is 3.17. The molecule has 0 radical (unpaired) electrons. The maximum Gasteiger partial charge on any atom is 0.255 e.